The van der Waals surface area contributed by atoms with E-state index in [0.29, 0.717) is 41.1 Å². The lowest BCUT2D eigenvalue weighted by atomic mass is 9.93. The summed E-state index contributed by atoms with van der Waals surface area (Å²) in [6, 6.07) is 14.5. The Morgan fingerprint density at radius 1 is 1.12 bits per heavy atom. The predicted molar refractivity (Wildman–Crippen MR) is 123 cm³/mol. The average Bonchev–Trinajstić information content (AvgIpc) is 3.25. The van der Waals surface area contributed by atoms with E-state index in [4.69, 9.17) is 9.15 Å². The molecule has 34 heavy (non-hydrogen) atoms. The van der Waals surface area contributed by atoms with Crippen LogP contribution in [0.5, 0.6) is 0 Å². The molecule has 2 aromatic heterocycles. The second-order valence-corrected chi connectivity index (χ2v) is 10.6. The largest absolute Gasteiger partial charge is 0.454 e. The monoisotopic (exact) mass is 478 g/mol. The van der Waals surface area contributed by atoms with Crippen molar-refractivity contribution in [2.45, 2.75) is 17.0 Å². The molecule has 2 aliphatic rings. The van der Waals surface area contributed by atoms with Gasteiger partial charge < -0.3 is 14.1 Å². The van der Waals surface area contributed by atoms with Crippen LogP contribution in [0.25, 0.3) is 33.6 Å². The normalized spacial score (nSPS) is 19.4. The zero-order valence-electron chi connectivity index (χ0n) is 18.1. The maximum atomic E-state index is 15.6. The highest BCUT2D eigenvalue weighted by Crippen LogP contribution is 2.37. The lowest BCUT2D eigenvalue weighted by molar-refractivity contribution is -0.195. The summed E-state index contributed by atoms with van der Waals surface area (Å²) < 4.78 is 50.4. The summed E-state index contributed by atoms with van der Waals surface area (Å²) in [5, 5.41) is 0. The zero-order chi connectivity index (χ0) is 23.6. The number of amides is 1. The zero-order valence-corrected chi connectivity index (χ0v) is 18.9. The van der Waals surface area contributed by atoms with Crippen molar-refractivity contribution in [2.24, 2.45) is 0 Å². The Morgan fingerprint density at radius 3 is 2.56 bits per heavy atom. The lowest BCUT2D eigenvalue weighted by Crippen LogP contribution is -2.71. The summed E-state index contributed by atoms with van der Waals surface area (Å²) in [5.74, 6) is -0.487. The van der Waals surface area contributed by atoms with Gasteiger partial charge >= 0.3 is 0 Å². The minimum atomic E-state index is -3.31. The van der Waals surface area contributed by atoms with Crippen LogP contribution in [0.4, 0.5) is 4.39 Å². The standard InChI is InChI=1S/C25H19FN2O5S/c1-34(30,31)15-7-5-14(6-8-15)21-11-19-24(33-21)17(9-10-27-19)16-3-2-4-18(23(16)26)25(29)28-12-22-20(28)13-32-22/h2-11,20,22H,12-13H2,1H3. The minimum Gasteiger partial charge on any atom is -0.454 e. The molecule has 0 radical (unpaired) electrons. The molecule has 0 spiro atoms. The van der Waals surface area contributed by atoms with E-state index in [2.05, 4.69) is 4.98 Å². The SMILES string of the molecule is CS(=O)(=O)c1ccc(-c2cc3nccc(-c4cccc(C(=O)N5CC6OCC65)c4F)c3o2)cc1. The molecule has 9 heteroatoms. The number of nitrogens with zero attached hydrogens (tertiary/aromatic N) is 2. The first-order chi connectivity index (χ1) is 16.3. The van der Waals surface area contributed by atoms with Gasteiger partial charge in [-0.3, -0.25) is 9.78 Å². The second kappa shape index (κ2) is 7.48. The first-order valence-electron chi connectivity index (χ1n) is 10.7. The molecular weight excluding hydrogens is 459 g/mol. The molecule has 4 heterocycles. The molecule has 7 nitrogen and oxygen atoms in total. The van der Waals surface area contributed by atoms with E-state index in [1.54, 1.807) is 47.5 Å². The van der Waals surface area contributed by atoms with E-state index < -0.39 is 15.7 Å². The van der Waals surface area contributed by atoms with E-state index in [9.17, 15) is 13.2 Å². The van der Waals surface area contributed by atoms with Crippen molar-refractivity contribution in [2.75, 3.05) is 19.4 Å². The van der Waals surface area contributed by atoms with Crippen LogP contribution >= 0.6 is 0 Å². The maximum Gasteiger partial charge on any atom is 0.257 e. The summed E-state index contributed by atoms with van der Waals surface area (Å²) in [7, 11) is -3.31. The summed E-state index contributed by atoms with van der Waals surface area (Å²) in [4.78, 5) is 19.1. The highest BCUT2D eigenvalue weighted by Gasteiger charge is 2.50. The molecule has 2 fully saturated rings. The van der Waals surface area contributed by atoms with Gasteiger partial charge in [-0.2, -0.15) is 0 Å². The molecule has 4 aromatic rings. The van der Waals surface area contributed by atoms with Crippen LogP contribution in [0.15, 0.2) is 70.1 Å². The minimum absolute atomic E-state index is 0.0101. The number of hydrogen-bond donors (Lipinski definition) is 0. The molecule has 2 atom stereocenters. The van der Waals surface area contributed by atoms with Crippen LogP contribution in [-0.4, -0.2) is 55.8 Å². The van der Waals surface area contributed by atoms with Gasteiger partial charge in [0.05, 0.1) is 29.2 Å². The molecule has 2 saturated heterocycles. The Bertz CT molecular complexity index is 1560. The Hall–Kier alpha value is -3.56. The fourth-order valence-electron chi connectivity index (χ4n) is 4.43. The van der Waals surface area contributed by atoms with Crippen molar-refractivity contribution in [3.63, 3.8) is 0 Å². The van der Waals surface area contributed by atoms with Gasteiger partial charge in [0.1, 0.15) is 17.1 Å². The molecule has 0 N–H and O–H groups in total. The number of aromatic nitrogens is 1. The molecule has 0 saturated carbocycles. The van der Waals surface area contributed by atoms with E-state index >= 15 is 4.39 Å². The molecule has 0 aliphatic carbocycles. The quantitative estimate of drug-likeness (QED) is 0.442. The summed E-state index contributed by atoms with van der Waals surface area (Å²) in [6.07, 6.45) is 2.78. The number of furan rings is 1. The fraction of sp³-hybridized carbons (Fsp3) is 0.200. The number of hydrogen-bond acceptors (Lipinski definition) is 6. The van der Waals surface area contributed by atoms with Crippen LogP contribution < -0.4 is 0 Å². The van der Waals surface area contributed by atoms with Crippen molar-refractivity contribution in [3.05, 3.63) is 72.2 Å². The molecule has 172 valence electrons. The van der Waals surface area contributed by atoms with Crippen molar-refractivity contribution >= 4 is 26.8 Å². The number of ether oxygens (including phenoxy) is 1. The Labute approximate surface area is 194 Å². The molecule has 1 amide bonds. The number of pyridine rings is 1. The van der Waals surface area contributed by atoms with Crippen molar-refractivity contribution in [1.29, 1.82) is 0 Å². The van der Waals surface area contributed by atoms with Gasteiger partial charge in [-0.05, 0) is 36.4 Å². The van der Waals surface area contributed by atoms with Crippen molar-refractivity contribution in [3.8, 4) is 22.5 Å². The highest BCUT2D eigenvalue weighted by atomic mass is 32.2. The van der Waals surface area contributed by atoms with Gasteiger partial charge in [-0.25, -0.2) is 12.8 Å². The Balaban J connectivity index is 1.39. The predicted octanol–water partition coefficient (Wildman–Crippen LogP) is 3.93. The van der Waals surface area contributed by atoms with Gasteiger partial charge in [-0.15, -0.1) is 0 Å². The molecule has 6 rings (SSSR count). The van der Waals surface area contributed by atoms with Gasteiger partial charge in [0.2, 0.25) is 0 Å². The number of morpholine rings is 1. The summed E-state index contributed by atoms with van der Waals surface area (Å²) in [5.41, 5.74) is 2.29. The third-order valence-electron chi connectivity index (χ3n) is 6.45. The topological polar surface area (TPSA) is 89.7 Å². The number of halogens is 1. The van der Waals surface area contributed by atoms with Gasteiger partial charge in [0, 0.05) is 41.8 Å². The van der Waals surface area contributed by atoms with Crippen molar-refractivity contribution in [1.82, 2.24) is 9.88 Å². The third kappa shape index (κ3) is 3.23. The number of carbonyl (C=O) groups excluding carboxylic acids is 1. The number of benzene rings is 2. The molecule has 0 bridgehead atoms. The van der Waals surface area contributed by atoms with Crippen LogP contribution in [-0.2, 0) is 14.6 Å². The molecule has 2 aromatic carbocycles. The van der Waals surface area contributed by atoms with Gasteiger partial charge in [0.15, 0.2) is 15.4 Å². The number of rotatable bonds is 4. The van der Waals surface area contributed by atoms with Crippen LogP contribution in [0.3, 0.4) is 0 Å². The van der Waals surface area contributed by atoms with Crippen LogP contribution in [0.1, 0.15) is 10.4 Å². The Morgan fingerprint density at radius 2 is 1.91 bits per heavy atom. The fourth-order valence-corrected chi connectivity index (χ4v) is 5.06. The number of likely N-dealkylation sites (tertiary alicyclic amines) is 1. The third-order valence-corrected chi connectivity index (χ3v) is 7.57. The van der Waals surface area contributed by atoms with Crippen LogP contribution in [0.2, 0.25) is 0 Å². The smallest absolute Gasteiger partial charge is 0.257 e. The van der Waals surface area contributed by atoms with E-state index in [1.807, 2.05) is 0 Å². The Kier molecular flexibility index (Phi) is 4.62. The summed E-state index contributed by atoms with van der Waals surface area (Å²) in [6.45, 7) is 0.968. The lowest BCUT2D eigenvalue weighted by Gasteiger charge is -2.54. The van der Waals surface area contributed by atoms with E-state index in [1.165, 1.54) is 18.2 Å². The number of sulfone groups is 1. The van der Waals surface area contributed by atoms with Crippen LogP contribution in [0, 0.1) is 5.82 Å². The molecular formula is C25H19FN2O5S. The first-order valence-corrected chi connectivity index (χ1v) is 12.6. The molecule has 2 unspecified atom stereocenters. The first kappa shape index (κ1) is 21.0. The van der Waals surface area contributed by atoms with Gasteiger partial charge in [0.25, 0.3) is 5.91 Å². The number of carbonyl (C=O) groups is 1. The molecule has 2 aliphatic heterocycles. The number of fused-ring (bicyclic) bond motifs is 2. The van der Waals surface area contributed by atoms with E-state index in [-0.39, 0.29) is 34.1 Å². The average molecular weight is 479 g/mol. The highest BCUT2D eigenvalue weighted by molar-refractivity contribution is 7.90. The summed E-state index contributed by atoms with van der Waals surface area (Å²) >= 11 is 0. The van der Waals surface area contributed by atoms with E-state index in [0.717, 1.165) is 6.26 Å². The maximum absolute atomic E-state index is 15.6. The van der Waals surface area contributed by atoms with Crippen molar-refractivity contribution < 1.29 is 26.8 Å². The second-order valence-electron chi connectivity index (χ2n) is 8.54. The van der Waals surface area contributed by atoms with Gasteiger partial charge in [-0.1, -0.05) is 12.1 Å².